The van der Waals surface area contributed by atoms with Crippen LogP contribution in [-0.4, -0.2) is 62.9 Å². The van der Waals surface area contributed by atoms with Gasteiger partial charge in [0.1, 0.15) is 0 Å². The lowest BCUT2D eigenvalue weighted by atomic mass is 9.88. The van der Waals surface area contributed by atoms with Crippen LogP contribution in [0.25, 0.3) is 0 Å². The number of piperazine rings is 1. The van der Waals surface area contributed by atoms with Crippen molar-refractivity contribution in [2.24, 2.45) is 5.92 Å². The predicted molar refractivity (Wildman–Crippen MR) is 103 cm³/mol. The number of halogens is 1. The summed E-state index contributed by atoms with van der Waals surface area (Å²) in [5, 5.41) is 0. The Morgan fingerprint density at radius 2 is 2.04 bits per heavy atom. The summed E-state index contributed by atoms with van der Waals surface area (Å²) in [5.41, 5.74) is 2.71. The van der Waals surface area contributed by atoms with Crippen molar-refractivity contribution >= 4 is 0 Å². The van der Waals surface area contributed by atoms with Gasteiger partial charge in [-0.25, -0.2) is 0 Å². The molecular formula is C21H33FN2O2. The summed E-state index contributed by atoms with van der Waals surface area (Å²) < 4.78 is 23.7. The normalized spacial score (nSPS) is 23.6. The maximum absolute atomic E-state index is 12.4. The number of methoxy groups -OCH3 is 1. The molecule has 2 aliphatic rings. The third-order valence-corrected chi connectivity index (χ3v) is 5.70. The Morgan fingerprint density at radius 3 is 2.73 bits per heavy atom. The largest absolute Gasteiger partial charge is 0.493 e. The number of hydrogen-bond donors (Lipinski definition) is 0. The van der Waals surface area contributed by atoms with Crippen molar-refractivity contribution in [3.05, 3.63) is 23.3 Å². The maximum Gasteiger partial charge on any atom is 0.161 e. The minimum atomic E-state index is -0.353. The van der Waals surface area contributed by atoms with Crippen LogP contribution in [0.5, 0.6) is 11.5 Å². The molecule has 1 aromatic rings. The van der Waals surface area contributed by atoms with Gasteiger partial charge in [0.15, 0.2) is 11.5 Å². The molecule has 5 heteroatoms. The quantitative estimate of drug-likeness (QED) is 0.689. The molecule has 0 N–H and O–H groups in total. The van der Waals surface area contributed by atoms with Gasteiger partial charge < -0.3 is 14.4 Å². The smallest absolute Gasteiger partial charge is 0.161 e. The number of fused-ring (bicyclic) bond motifs is 3. The highest BCUT2D eigenvalue weighted by atomic mass is 19.1. The van der Waals surface area contributed by atoms with Gasteiger partial charge in [0.05, 0.1) is 20.4 Å². The van der Waals surface area contributed by atoms with E-state index in [2.05, 4.69) is 42.8 Å². The number of rotatable bonds is 7. The summed E-state index contributed by atoms with van der Waals surface area (Å²) in [6, 6.07) is 5.32. The second-order valence-electron chi connectivity index (χ2n) is 8.08. The highest BCUT2D eigenvalue weighted by Crippen LogP contribution is 2.40. The fourth-order valence-electron chi connectivity index (χ4n) is 4.33. The third kappa shape index (κ3) is 4.15. The first-order chi connectivity index (χ1) is 12.5. The zero-order chi connectivity index (χ0) is 18.7. The maximum atomic E-state index is 12.4. The van der Waals surface area contributed by atoms with E-state index in [4.69, 9.17) is 9.47 Å². The Kier molecular flexibility index (Phi) is 6.41. The zero-order valence-electron chi connectivity index (χ0n) is 16.6. The van der Waals surface area contributed by atoms with E-state index in [-0.39, 0.29) is 6.67 Å². The second-order valence-corrected chi connectivity index (χ2v) is 8.08. The van der Waals surface area contributed by atoms with E-state index in [1.165, 1.54) is 17.5 Å². The van der Waals surface area contributed by atoms with Gasteiger partial charge in [-0.05, 0) is 49.1 Å². The molecule has 2 unspecified atom stereocenters. The molecule has 3 rings (SSSR count). The molecule has 2 aliphatic heterocycles. The van der Waals surface area contributed by atoms with Gasteiger partial charge in [0, 0.05) is 38.1 Å². The van der Waals surface area contributed by atoms with E-state index in [1.807, 2.05) is 0 Å². The van der Waals surface area contributed by atoms with E-state index in [1.54, 1.807) is 7.11 Å². The van der Waals surface area contributed by atoms with Crippen LogP contribution >= 0.6 is 0 Å². The molecule has 0 amide bonds. The minimum absolute atomic E-state index is 0.353. The van der Waals surface area contributed by atoms with E-state index in [0.29, 0.717) is 25.1 Å². The molecule has 0 aliphatic carbocycles. The van der Waals surface area contributed by atoms with Crippen molar-refractivity contribution in [2.45, 2.75) is 45.2 Å². The van der Waals surface area contributed by atoms with Crippen LogP contribution in [-0.2, 0) is 6.42 Å². The summed E-state index contributed by atoms with van der Waals surface area (Å²) in [7, 11) is 3.93. The van der Waals surface area contributed by atoms with Crippen LogP contribution < -0.4 is 9.47 Å². The number of benzene rings is 1. The summed E-state index contributed by atoms with van der Waals surface area (Å²) in [6.07, 6.45) is 2.70. The van der Waals surface area contributed by atoms with Crippen molar-refractivity contribution in [2.75, 3.05) is 47.1 Å². The lowest BCUT2D eigenvalue weighted by molar-refractivity contribution is 0.0294. The average molecular weight is 365 g/mol. The van der Waals surface area contributed by atoms with E-state index in [9.17, 15) is 4.39 Å². The van der Waals surface area contributed by atoms with Gasteiger partial charge in [-0.1, -0.05) is 13.8 Å². The van der Waals surface area contributed by atoms with Crippen molar-refractivity contribution in [3.63, 3.8) is 0 Å². The first-order valence-electron chi connectivity index (χ1n) is 9.87. The number of likely N-dealkylation sites (N-methyl/N-ethyl adjacent to an activating group) is 1. The molecule has 4 nitrogen and oxygen atoms in total. The fraction of sp³-hybridized carbons (Fsp3) is 0.714. The van der Waals surface area contributed by atoms with E-state index in [0.717, 1.165) is 43.5 Å². The highest BCUT2D eigenvalue weighted by Gasteiger charge is 2.36. The van der Waals surface area contributed by atoms with Crippen LogP contribution in [0.3, 0.4) is 0 Å². The molecular weight excluding hydrogens is 331 g/mol. The molecule has 1 aromatic carbocycles. The molecule has 1 saturated heterocycles. The summed E-state index contributed by atoms with van der Waals surface area (Å²) >= 11 is 0. The van der Waals surface area contributed by atoms with Crippen molar-refractivity contribution in [1.82, 2.24) is 9.80 Å². The lowest BCUT2D eigenvalue weighted by Crippen LogP contribution is -2.55. The Balaban J connectivity index is 1.80. The zero-order valence-corrected chi connectivity index (χ0v) is 16.6. The minimum Gasteiger partial charge on any atom is -0.493 e. The predicted octanol–water partition coefficient (Wildman–Crippen LogP) is 3.69. The van der Waals surface area contributed by atoms with Crippen molar-refractivity contribution in [1.29, 1.82) is 0 Å². The Hall–Kier alpha value is -1.33. The SMILES string of the molecule is COc1cc2c(cc1OCCCF)CCN1CC(CC(C)C)N(C)CC21. The highest BCUT2D eigenvalue weighted by molar-refractivity contribution is 5.49. The van der Waals surface area contributed by atoms with Gasteiger partial charge in [-0.3, -0.25) is 9.29 Å². The van der Waals surface area contributed by atoms with E-state index < -0.39 is 0 Å². The first kappa shape index (κ1) is 19.4. The molecule has 2 heterocycles. The van der Waals surface area contributed by atoms with Crippen LogP contribution in [0.4, 0.5) is 4.39 Å². The number of ether oxygens (including phenoxy) is 2. The Morgan fingerprint density at radius 1 is 1.23 bits per heavy atom. The number of alkyl halides is 1. The van der Waals surface area contributed by atoms with Gasteiger partial charge in [0.2, 0.25) is 0 Å². The van der Waals surface area contributed by atoms with Crippen molar-refractivity contribution in [3.8, 4) is 11.5 Å². The van der Waals surface area contributed by atoms with Crippen LogP contribution in [0.1, 0.15) is 43.9 Å². The lowest BCUT2D eigenvalue weighted by Gasteiger charge is -2.48. The monoisotopic (exact) mass is 364 g/mol. The number of nitrogens with zero attached hydrogens (tertiary/aromatic N) is 2. The van der Waals surface area contributed by atoms with Gasteiger partial charge >= 0.3 is 0 Å². The van der Waals surface area contributed by atoms with Gasteiger partial charge in [-0.15, -0.1) is 0 Å². The number of hydrogen-bond acceptors (Lipinski definition) is 4. The molecule has 0 saturated carbocycles. The first-order valence-corrected chi connectivity index (χ1v) is 9.87. The summed E-state index contributed by atoms with van der Waals surface area (Å²) in [6.45, 7) is 7.93. The Bertz CT molecular complexity index is 608. The third-order valence-electron chi connectivity index (χ3n) is 5.70. The molecule has 146 valence electrons. The molecule has 26 heavy (non-hydrogen) atoms. The van der Waals surface area contributed by atoms with Crippen LogP contribution in [0.2, 0.25) is 0 Å². The second kappa shape index (κ2) is 8.57. The summed E-state index contributed by atoms with van der Waals surface area (Å²) in [4.78, 5) is 5.16. The van der Waals surface area contributed by atoms with Crippen molar-refractivity contribution < 1.29 is 13.9 Å². The topological polar surface area (TPSA) is 24.9 Å². The van der Waals surface area contributed by atoms with Gasteiger partial charge in [0.25, 0.3) is 0 Å². The molecule has 1 fully saturated rings. The molecule has 0 spiro atoms. The fourth-order valence-corrected chi connectivity index (χ4v) is 4.33. The standard InChI is InChI=1S/C21H33FN2O2/c1-15(2)10-17-13-24-8-6-16-11-21(26-9-5-7-22)20(25-4)12-18(16)19(24)14-23(17)3/h11-12,15,17,19H,5-10,13-14H2,1-4H3. The molecule has 2 atom stereocenters. The van der Waals surface area contributed by atoms with Gasteiger partial charge in [-0.2, -0.15) is 0 Å². The summed E-state index contributed by atoms with van der Waals surface area (Å²) in [5.74, 6) is 2.23. The van der Waals surface area contributed by atoms with Crippen LogP contribution in [0.15, 0.2) is 12.1 Å². The Labute approximate surface area is 157 Å². The molecule has 0 aromatic heterocycles. The van der Waals surface area contributed by atoms with E-state index >= 15 is 0 Å². The molecule has 0 bridgehead atoms. The molecule has 0 radical (unpaired) electrons. The average Bonchev–Trinajstić information content (AvgIpc) is 2.61. The van der Waals surface area contributed by atoms with Crippen LogP contribution in [0, 0.1) is 5.92 Å².